The van der Waals surface area contributed by atoms with Gasteiger partial charge in [-0.05, 0) is 38.1 Å². The number of benzene rings is 2. The fraction of sp³-hybridized carbons (Fsp3) is 0.273. The number of cyclic esters (lactones) is 1. The van der Waals surface area contributed by atoms with Crippen LogP contribution in [0.4, 0.5) is 11.6 Å². The summed E-state index contributed by atoms with van der Waals surface area (Å²) in [4.78, 5) is 28.0. The van der Waals surface area contributed by atoms with E-state index in [1.165, 1.54) is 0 Å². The predicted octanol–water partition coefficient (Wildman–Crippen LogP) is 3.98. The van der Waals surface area contributed by atoms with Crippen molar-refractivity contribution >= 4 is 28.5 Å². The second-order valence-corrected chi connectivity index (χ2v) is 7.70. The van der Waals surface area contributed by atoms with Crippen molar-refractivity contribution in [3.63, 3.8) is 0 Å². The molecule has 0 N–H and O–H groups in total. The summed E-state index contributed by atoms with van der Waals surface area (Å²) in [5.74, 6) is -0.639. The van der Waals surface area contributed by atoms with Crippen LogP contribution in [-0.2, 0) is 9.53 Å². The largest absolute Gasteiger partial charge is 0.459 e. The first kappa shape index (κ1) is 16.1. The average molecular weight is 361 g/mol. The van der Waals surface area contributed by atoms with Crippen LogP contribution in [0.1, 0.15) is 25.3 Å². The van der Waals surface area contributed by atoms with Gasteiger partial charge in [0, 0.05) is 18.2 Å². The summed E-state index contributed by atoms with van der Waals surface area (Å²) in [6.45, 7) is 4.36. The van der Waals surface area contributed by atoms with Gasteiger partial charge in [-0.1, -0.05) is 30.3 Å². The van der Waals surface area contributed by atoms with Crippen LogP contribution < -0.4 is 10.3 Å². The molecule has 2 aliphatic rings. The van der Waals surface area contributed by atoms with E-state index >= 15 is 0 Å². The number of hydrogen-bond acceptors (Lipinski definition) is 5. The zero-order valence-corrected chi connectivity index (χ0v) is 15.1. The third-order valence-corrected chi connectivity index (χ3v) is 5.73. The second-order valence-electron chi connectivity index (χ2n) is 7.70. The van der Waals surface area contributed by atoms with E-state index in [-0.39, 0.29) is 17.3 Å². The Morgan fingerprint density at radius 3 is 2.48 bits per heavy atom. The molecule has 2 aromatic carbocycles. The number of carbonyl (C=O) groups is 1. The summed E-state index contributed by atoms with van der Waals surface area (Å²) in [6.07, 6.45) is 0. The molecule has 0 unspecified atom stereocenters. The highest BCUT2D eigenvalue weighted by Crippen LogP contribution is 2.50. The number of para-hydroxylation sites is 2. The Bertz CT molecular complexity index is 1120. The first-order valence-corrected chi connectivity index (χ1v) is 9.08. The highest BCUT2D eigenvalue weighted by atomic mass is 16.6. The molecule has 5 nitrogen and oxygen atoms in total. The zero-order valence-electron chi connectivity index (χ0n) is 15.1. The van der Waals surface area contributed by atoms with Crippen molar-refractivity contribution < 1.29 is 13.9 Å². The van der Waals surface area contributed by atoms with Crippen molar-refractivity contribution in [2.75, 3.05) is 11.4 Å². The van der Waals surface area contributed by atoms with Crippen LogP contribution in [-0.4, -0.2) is 18.1 Å². The molecule has 27 heavy (non-hydrogen) atoms. The van der Waals surface area contributed by atoms with Crippen LogP contribution in [0.3, 0.4) is 0 Å². The normalized spacial score (nSPS) is 23.0. The lowest BCUT2D eigenvalue weighted by Gasteiger charge is -2.38. The van der Waals surface area contributed by atoms with Gasteiger partial charge in [-0.3, -0.25) is 9.59 Å². The average Bonchev–Trinajstić information content (AvgIpc) is 2.90. The minimum atomic E-state index is -0.648. The maximum absolute atomic E-state index is 13.4. The van der Waals surface area contributed by atoms with Crippen LogP contribution >= 0.6 is 0 Å². The van der Waals surface area contributed by atoms with E-state index in [0.717, 1.165) is 5.69 Å². The van der Waals surface area contributed by atoms with Gasteiger partial charge in [-0.15, -0.1) is 0 Å². The Balaban J connectivity index is 1.84. The minimum Gasteiger partial charge on any atom is -0.459 e. The lowest BCUT2D eigenvalue weighted by atomic mass is 9.76. The number of nitrogens with zero attached hydrogens (tertiary/aromatic N) is 1. The molecule has 0 amide bonds. The van der Waals surface area contributed by atoms with Crippen LogP contribution in [0.25, 0.3) is 11.0 Å². The van der Waals surface area contributed by atoms with Gasteiger partial charge >= 0.3 is 5.97 Å². The number of hydrogen-bond donors (Lipinski definition) is 0. The molecule has 0 spiro atoms. The molecule has 1 saturated heterocycles. The summed E-state index contributed by atoms with van der Waals surface area (Å²) < 4.78 is 11.8. The highest BCUT2D eigenvalue weighted by molar-refractivity contribution is 5.89. The molecule has 3 heterocycles. The lowest BCUT2D eigenvalue weighted by molar-refractivity contribution is -0.147. The van der Waals surface area contributed by atoms with Gasteiger partial charge < -0.3 is 14.1 Å². The van der Waals surface area contributed by atoms with Gasteiger partial charge in [-0.25, -0.2) is 0 Å². The first-order chi connectivity index (χ1) is 13.0. The van der Waals surface area contributed by atoms with Crippen LogP contribution in [0.5, 0.6) is 0 Å². The monoisotopic (exact) mass is 361 g/mol. The summed E-state index contributed by atoms with van der Waals surface area (Å²) >= 11 is 0. The molecular formula is C22H19NO4. The van der Waals surface area contributed by atoms with Gasteiger partial charge in [0.1, 0.15) is 11.2 Å². The van der Waals surface area contributed by atoms with Crippen LogP contribution in [0, 0.1) is 5.92 Å². The predicted molar refractivity (Wildman–Crippen MR) is 102 cm³/mol. The Hall–Kier alpha value is -3.08. The Morgan fingerprint density at radius 2 is 1.70 bits per heavy atom. The van der Waals surface area contributed by atoms with E-state index < -0.39 is 11.5 Å². The molecule has 5 rings (SSSR count). The highest BCUT2D eigenvalue weighted by Gasteiger charge is 2.56. The number of fused-ring (bicyclic) bond motifs is 4. The molecule has 2 atom stereocenters. The number of esters is 1. The Morgan fingerprint density at radius 1 is 1.00 bits per heavy atom. The maximum Gasteiger partial charge on any atom is 0.314 e. The van der Waals surface area contributed by atoms with E-state index in [2.05, 4.69) is 0 Å². The Kier molecular flexibility index (Phi) is 3.26. The third-order valence-electron chi connectivity index (χ3n) is 5.73. The third kappa shape index (κ3) is 2.24. The van der Waals surface area contributed by atoms with E-state index in [1.54, 1.807) is 18.2 Å². The van der Waals surface area contributed by atoms with Gasteiger partial charge in [0.2, 0.25) is 5.88 Å². The fourth-order valence-corrected chi connectivity index (χ4v) is 4.34. The molecule has 1 fully saturated rings. The molecule has 2 aliphatic heterocycles. The standard InChI is InChI=1S/C22H19NO4/c1-22(2)15-12-23(13-8-4-3-5-9-13)20-18(17(15)21(25)27-22)19(24)14-10-6-7-11-16(14)26-20/h3-11,15,17H,12H2,1-2H3/t15-,17-/m0/s1. The van der Waals surface area contributed by atoms with Crippen molar-refractivity contribution in [2.45, 2.75) is 25.4 Å². The first-order valence-electron chi connectivity index (χ1n) is 9.08. The van der Waals surface area contributed by atoms with Crippen molar-refractivity contribution in [1.82, 2.24) is 0 Å². The van der Waals surface area contributed by atoms with Crippen LogP contribution in [0.2, 0.25) is 0 Å². The van der Waals surface area contributed by atoms with Crippen molar-refractivity contribution in [2.24, 2.45) is 5.92 Å². The van der Waals surface area contributed by atoms with Gasteiger partial charge in [0.25, 0.3) is 0 Å². The van der Waals surface area contributed by atoms with Crippen molar-refractivity contribution in [3.05, 3.63) is 70.4 Å². The van der Waals surface area contributed by atoms with Crippen molar-refractivity contribution in [3.8, 4) is 0 Å². The lowest BCUT2D eigenvalue weighted by Crippen LogP contribution is -2.43. The van der Waals surface area contributed by atoms with Gasteiger partial charge in [-0.2, -0.15) is 0 Å². The minimum absolute atomic E-state index is 0.137. The number of carbonyl (C=O) groups excluding carboxylic acids is 1. The number of rotatable bonds is 1. The number of anilines is 2. The summed E-state index contributed by atoms with van der Waals surface area (Å²) in [5, 5.41) is 0.488. The topological polar surface area (TPSA) is 59.8 Å². The van der Waals surface area contributed by atoms with Crippen LogP contribution in [0.15, 0.2) is 63.8 Å². The molecule has 136 valence electrons. The van der Waals surface area contributed by atoms with Gasteiger partial charge in [0.15, 0.2) is 5.43 Å². The molecular weight excluding hydrogens is 342 g/mol. The molecule has 1 aromatic heterocycles. The summed E-state index contributed by atoms with van der Waals surface area (Å²) in [5.41, 5.74) is 1.04. The summed E-state index contributed by atoms with van der Waals surface area (Å²) in [6, 6.07) is 16.9. The molecule has 0 bridgehead atoms. The second kappa shape index (κ2) is 5.46. The van der Waals surface area contributed by atoms with E-state index in [1.807, 2.05) is 55.1 Å². The zero-order chi connectivity index (χ0) is 18.8. The van der Waals surface area contributed by atoms with E-state index in [0.29, 0.717) is 29.0 Å². The molecule has 0 saturated carbocycles. The smallest absolute Gasteiger partial charge is 0.314 e. The fourth-order valence-electron chi connectivity index (χ4n) is 4.34. The molecule has 3 aromatic rings. The maximum atomic E-state index is 13.4. The summed E-state index contributed by atoms with van der Waals surface area (Å²) in [7, 11) is 0. The number of ether oxygens (including phenoxy) is 1. The van der Waals surface area contributed by atoms with Gasteiger partial charge in [0.05, 0.1) is 16.9 Å². The quantitative estimate of drug-likeness (QED) is 0.614. The SMILES string of the molecule is CC1(C)OC(=O)[C@@H]2c3c(oc4ccccc4c3=O)N(c3ccccc3)C[C@@H]21. The molecule has 0 aliphatic carbocycles. The molecule has 5 heteroatoms. The Labute approximate surface area is 156 Å². The van der Waals surface area contributed by atoms with E-state index in [9.17, 15) is 9.59 Å². The van der Waals surface area contributed by atoms with Crippen molar-refractivity contribution in [1.29, 1.82) is 0 Å². The van der Waals surface area contributed by atoms with E-state index in [4.69, 9.17) is 9.15 Å². The molecule has 0 radical (unpaired) electrons.